The SMILES string of the molecule is CC=Cc1nc(CCCCC)c(C)s1. The van der Waals surface area contributed by atoms with Gasteiger partial charge < -0.3 is 0 Å². The number of unbranched alkanes of at least 4 members (excludes halogenated alkanes) is 2. The van der Waals surface area contributed by atoms with E-state index in [1.54, 1.807) is 11.3 Å². The van der Waals surface area contributed by atoms with Gasteiger partial charge in [-0.1, -0.05) is 25.8 Å². The van der Waals surface area contributed by atoms with E-state index in [1.165, 1.54) is 29.8 Å². The molecular formula is C12H19NS. The lowest BCUT2D eigenvalue weighted by molar-refractivity contribution is 0.707. The lowest BCUT2D eigenvalue weighted by Crippen LogP contribution is -1.88. The van der Waals surface area contributed by atoms with Crippen molar-refractivity contribution in [3.63, 3.8) is 0 Å². The molecule has 0 aliphatic heterocycles. The van der Waals surface area contributed by atoms with E-state index in [0.29, 0.717) is 0 Å². The number of hydrogen-bond acceptors (Lipinski definition) is 2. The lowest BCUT2D eigenvalue weighted by atomic mass is 10.1. The van der Waals surface area contributed by atoms with E-state index < -0.39 is 0 Å². The van der Waals surface area contributed by atoms with E-state index in [1.807, 2.05) is 13.0 Å². The van der Waals surface area contributed by atoms with Crippen LogP contribution in [-0.4, -0.2) is 4.98 Å². The van der Waals surface area contributed by atoms with Crippen molar-refractivity contribution in [2.75, 3.05) is 0 Å². The van der Waals surface area contributed by atoms with E-state index in [4.69, 9.17) is 0 Å². The van der Waals surface area contributed by atoms with Gasteiger partial charge in [0.05, 0.1) is 5.69 Å². The minimum Gasteiger partial charge on any atom is -0.241 e. The van der Waals surface area contributed by atoms with Crippen molar-refractivity contribution < 1.29 is 0 Å². The third kappa shape index (κ3) is 3.26. The molecule has 78 valence electrons. The van der Waals surface area contributed by atoms with Crippen molar-refractivity contribution in [2.45, 2.75) is 46.5 Å². The highest BCUT2D eigenvalue weighted by Gasteiger charge is 2.04. The quantitative estimate of drug-likeness (QED) is 0.662. The van der Waals surface area contributed by atoms with Crippen molar-refractivity contribution in [3.05, 3.63) is 21.7 Å². The molecule has 1 aromatic heterocycles. The Labute approximate surface area is 90.9 Å². The Balaban J connectivity index is 2.58. The van der Waals surface area contributed by atoms with Gasteiger partial charge in [0.2, 0.25) is 0 Å². The van der Waals surface area contributed by atoms with E-state index >= 15 is 0 Å². The molecule has 0 radical (unpaired) electrons. The summed E-state index contributed by atoms with van der Waals surface area (Å²) in [4.78, 5) is 5.99. The van der Waals surface area contributed by atoms with Gasteiger partial charge in [-0.25, -0.2) is 4.98 Å². The molecule has 0 amide bonds. The highest BCUT2D eigenvalue weighted by Crippen LogP contribution is 2.20. The Kier molecular flexibility index (Phi) is 4.88. The van der Waals surface area contributed by atoms with Gasteiger partial charge in [-0.15, -0.1) is 11.3 Å². The Bertz CT molecular complexity index is 299. The van der Waals surface area contributed by atoms with Gasteiger partial charge in [0.25, 0.3) is 0 Å². The lowest BCUT2D eigenvalue weighted by Gasteiger charge is -1.96. The van der Waals surface area contributed by atoms with Gasteiger partial charge in [-0.3, -0.25) is 0 Å². The number of nitrogens with zero attached hydrogens (tertiary/aromatic N) is 1. The van der Waals surface area contributed by atoms with Gasteiger partial charge in [0.1, 0.15) is 5.01 Å². The van der Waals surface area contributed by atoms with Gasteiger partial charge in [0.15, 0.2) is 0 Å². The maximum absolute atomic E-state index is 4.60. The number of rotatable bonds is 5. The zero-order valence-electron chi connectivity index (χ0n) is 9.34. The normalized spacial score (nSPS) is 11.4. The second-order valence-electron chi connectivity index (χ2n) is 3.51. The summed E-state index contributed by atoms with van der Waals surface area (Å²) in [7, 11) is 0. The molecule has 0 atom stereocenters. The maximum Gasteiger partial charge on any atom is 0.116 e. The number of aryl methyl sites for hydroxylation is 2. The second-order valence-corrected chi connectivity index (χ2v) is 4.75. The van der Waals surface area contributed by atoms with Crippen LogP contribution < -0.4 is 0 Å². The van der Waals surface area contributed by atoms with Crippen molar-refractivity contribution in [1.82, 2.24) is 4.98 Å². The second kappa shape index (κ2) is 5.97. The number of hydrogen-bond donors (Lipinski definition) is 0. The van der Waals surface area contributed by atoms with E-state index in [2.05, 4.69) is 24.9 Å². The van der Waals surface area contributed by atoms with Gasteiger partial charge >= 0.3 is 0 Å². The van der Waals surface area contributed by atoms with Crippen LogP contribution in [0.3, 0.4) is 0 Å². The predicted molar refractivity (Wildman–Crippen MR) is 64.8 cm³/mol. The maximum atomic E-state index is 4.60. The smallest absolute Gasteiger partial charge is 0.116 e. The monoisotopic (exact) mass is 209 g/mol. The molecule has 0 fully saturated rings. The van der Waals surface area contributed by atoms with Crippen LogP contribution in [-0.2, 0) is 6.42 Å². The van der Waals surface area contributed by atoms with Crippen LogP contribution >= 0.6 is 11.3 Å². The summed E-state index contributed by atoms with van der Waals surface area (Å²) in [5, 5.41) is 1.15. The van der Waals surface area contributed by atoms with Gasteiger partial charge in [-0.2, -0.15) is 0 Å². The summed E-state index contributed by atoms with van der Waals surface area (Å²) in [5.41, 5.74) is 1.30. The molecule has 2 heteroatoms. The van der Waals surface area contributed by atoms with E-state index in [0.717, 1.165) is 11.4 Å². The third-order valence-corrected chi connectivity index (χ3v) is 3.21. The first-order valence-corrected chi connectivity index (χ1v) is 6.18. The fourth-order valence-corrected chi connectivity index (χ4v) is 2.38. The van der Waals surface area contributed by atoms with Crippen molar-refractivity contribution in [2.24, 2.45) is 0 Å². The predicted octanol–water partition coefficient (Wildman–Crippen LogP) is 4.22. The molecule has 0 aliphatic rings. The summed E-state index contributed by atoms with van der Waals surface area (Å²) >= 11 is 1.80. The van der Waals surface area contributed by atoms with Crippen LogP contribution in [0, 0.1) is 6.92 Å². The first kappa shape index (κ1) is 11.4. The van der Waals surface area contributed by atoms with Crippen LogP contribution in [0.4, 0.5) is 0 Å². The highest BCUT2D eigenvalue weighted by atomic mass is 32.1. The number of allylic oxidation sites excluding steroid dienone is 1. The topological polar surface area (TPSA) is 12.9 Å². The Morgan fingerprint density at radius 1 is 1.36 bits per heavy atom. The first-order chi connectivity index (χ1) is 6.77. The molecule has 1 rings (SSSR count). The van der Waals surface area contributed by atoms with Crippen LogP contribution in [0.5, 0.6) is 0 Å². The zero-order chi connectivity index (χ0) is 10.4. The number of thiazole rings is 1. The minimum atomic E-state index is 1.15. The Morgan fingerprint density at radius 3 is 2.79 bits per heavy atom. The molecule has 0 unspecified atom stereocenters. The molecular weight excluding hydrogens is 190 g/mol. The molecule has 0 saturated heterocycles. The molecule has 0 saturated carbocycles. The fraction of sp³-hybridized carbons (Fsp3) is 0.583. The molecule has 0 aromatic carbocycles. The molecule has 1 heterocycles. The minimum absolute atomic E-state index is 1.15. The molecule has 0 aliphatic carbocycles. The van der Waals surface area contributed by atoms with Crippen LogP contribution in [0.25, 0.3) is 6.08 Å². The summed E-state index contributed by atoms with van der Waals surface area (Å²) in [6, 6.07) is 0. The molecule has 0 bridgehead atoms. The zero-order valence-corrected chi connectivity index (χ0v) is 10.2. The molecule has 14 heavy (non-hydrogen) atoms. The average Bonchev–Trinajstić information content (AvgIpc) is 2.48. The summed E-state index contributed by atoms with van der Waals surface area (Å²) in [5.74, 6) is 0. The Hall–Kier alpha value is -0.630. The average molecular weight is 209 g/mol. The van der Waals surface area contributed by atoms with Gasteiger partial charge in [-0.05, 0) is 32.8 Å². The summed E-state index contributed by atoms with van der Waals surface area (Å²) in [6.07, 6.45) is 9.15. The van der Waals surface area contributed by atoms with E-state index in [-0.39, 0.29) is 0 Å². The Morgan fingerprint density at radius 2 is 2.14 bits per heavy atom. The van der Waals surface area contributed by atoms with Crippen molar-refractivity contribution >= 4 is 17.4 Å². The summed E-state index contributed by atoms with van der Waals surface area (Å²) < 4.78 is 0. The van der Waals surface area contributed by atoms with E-state index in [9.17, 15) is 0 Å². The first-order valence-electron chi connectivity index (χ1n) is 5.37. The molecule has 1 aromatic rings. The highest BCUT2D eigenvalue weighted by molar-refractivity contribution is 7.12. The standard InChI is InChI=1S/C12H19NS/c1-4-6-7-9-11-10(3)14-12(13-11)8-5-2/h5,8H,4,6-7,9H2,1-3H3. The number of aromatic nitrogens is 1. The van der Waals surface area contributed by atoms with Crippen LogP contribution in [0.2, 0.25) is 0 Å². The largest absolute Gasteiger partial charge is 0.241 e. The summed E-state index contributed by atoms with van der Waals surface area (Å²) in [6.45, 7) is 6.44. The van der Waals surface area contributed by atoms with Crippen LogP contribution in [0.1, 0.15) is 48.7 Å². The fourth-order valence-electron chi connectivity index (χ4n) is 1.44. The van der Waals surface area contributed by atoms with Gasteiger partial charge in [0, 0.05) is 4.88 Å². The molecule has 1 nitrogen and oxygen atoms in total. The third-order valence-electron chi connectivity index (χ3n) is 2.24. The van der Waals surface area contributed by atoms with Crippen molar-refractivity contribution in [3.8, 4) is 0 Å². The van der Waals surface area contributed by atoms with Crippen LogP contribution in [0.15, 0.2) is 6.08 Å². The molecule has 0 N–H and O–H groups in total. The molecule has 0 spiro atoms. The van der Waals surface area contributed by atoms with Crippen molar-refractivity contribution in [1.29, 1.82) is 0 Å².